The zero-order valence-corrected chi connectivity index (χ0v) is 12.9. The highest BCUT2D eigenvalue weighted by molar-refractivity contribution is 7.12. The number of ether oxygens (including phenoxy) is 1. The lowest BCUT2D eigenvalue weighted by Crippen LogP contribution is -2.31. The topological polar surface area (TPSA) is 29.5 Å². The number of amides is 1. The molecule has 3 nitrogen and oxygen atoms in total. The maximum absolute atomic E-state index is 11.7. The van der Waals surface area contributed by atoms with Gasteiger partial charge in [0.05, 0.1) is 19.3 Å². The van der Waals surface area contributed by atoms with Gasteiger partial charge in [-0.2, -0.15) is 0 Å². The monoisotopic (exact) mass is 291 g/mol. The minimum absolute atomic E-state index is 0.0956. The Bertz CT molecular complexity index is 504. The predicted molar refractivity (Wildman–Crippen MR) is 84.2 cm³/mol. The first-order chi connectivity index (χ1) is 10.1. The van der Waals surface area contributed by atoms with Crippen molar-refractivity contribution in [3.05, 3.63) is 34.1 Å². The van der Waals surface area contributed by atoms with E-state index < -0.39 is 0 Å². The summed E-state index contributed by atoms with van der Waals surface area (Å²) < 4.78 is 12.8. The normalized spacial score (nSPS) is 20.1. The molecular formula is C15H21BNO2S. The molecule has 2 heterocycles. The van der Waals surface area contributed by atoms with Gasteiger partial charge in [0.2, 0.25) is 5.91 Å². The van der Waals surface area contributed by atoms with Crippen molar-refractivity contribution in [2.45, 2.75) is 45.3 Å². The number of thiophene rings is 1. The molecule has 1 aromatic rings. The van der Waals surface area contributed by atoms with Crippen LogP contribution in [-0.4, -0.2) is 32.6 Å². The van der Waals surface area contributed by atoms with E-state index in [1.165, 1.54) is 17.6 Å². The molecule has 0 saturated carbocycles. The van der Waals surface area contributed by atoms with Crippen LogP contribution in [0.25, 0.3) is 0 Å². The molecule has 0 aromatic carbocycles. The molecule has 1 atom stereocenters. The number of hydrogen-bond acceptors (Lipinski definition) is 3. The van der Waals surface area contributed by atoms with Crippen molar-refractivity contribution in [2.75, 3.05) is 6.61 Å². The smallest absolute Gasteiger partial charge is 0.226 e. The molecule has 0 spiro atoms. The van der Waals surface area contributed by atoms with E-state index in [-0.39, 0.29) is 11.9 Å². The largest absolute Gasteiger partial charge is 0.374 e. The van der Waals surface area contributed by atoms with Gasteiger partial charge in [-0.3, -0.25) is 4.79 Å². The molecule has 1 saturated heterocycles. The number of hydrogen-bond donors (Lipinski definition) is 0. The van der Waals surface area contributed by atoms with Crippen molar-refractivity contribution in [1.82, 2.24) is 4.90 Å². The fourth-order valence-electron chi connectivity index (χ4n) is 2.30. The molecule has 0 aliphatic carbocycles. The zero-order valence-electron chi connectivity index (χ0n) is 13.0. The first kappa shape index (κ1) is 13.9. The number of rotatable bonds is 7. The van der Waals surface area contributed by atoms with Crippen LogP contribution >= 0.6 is 11.3 Å². The van der Waals surface area contributed by atoms with Crippen molar-refractivity contribution in [1.29, 1.82) is 1.34 Å². The summed E-state index contributed by atoms with van der Waals surface area (Å²) in [6, 6.07) is 4.37. The molecule has 107 valence electrons. The Kier molecular flexibility index (Phi) is 4.93. The third-order valence-electron chi connectivity index (χ3n) is 3.43. The van der Waals surface area contributed by atoms with Crippen molar-refractivity contribution in [3.63, 3.8) is 0 Å². The van der Waals surface area contributed by atoms with Crippen molar-refractivity contribution < 1.29 is 9.53 Å². The molecule has 0 N–H and O–H groups in total. The summed E-state index contributed by atoms with van der Waals surface area (Å²) in [4.78, 5) is 16.0. The molecule has 1 aromatic heterocycles. The summed E-state index contributed by atoms with van der Waals surface area (Å²) in [5.41, 5.74) is 0. The van der Waals surface area contributed by atoms with Crippen LogP contribution in [0.15, 0.2) is 24.3 Å². The van der Waals surface area contributed by atoms with Gasteiger partial charge in [-0.25, -0.2) is 0 Å². The van der Waals surface area contributed by atoms with Gasteiger partial charge in [0.25, 0.3) is 0 Å². The van der Waals surface area contributed by atoms with Crippen molar-refractivity contribution >= 4 is 25.1 Å². The van der Waals surface area contributed by atoms with Gasteiger partial charge >= 0.3 is 0 Å². The molecule has 1 aliphatic heterocycles. The quantitative estimate of drug-likeness (QED) is 0.723. The van der Waals surface area contributed by atoms with E-state index in [4.69, 9.17) is 6.07 Å². The third-order valence-corrected chi connectivity index (χ3v) is 4.78. The fraction of sp³-hybridized carbons (Fsp3) is 0.533. The van der Waals surface area contributed by atoms with Gasteiger partial charge in [-0.15, -0.1) is 17.3 Å². The Hall–Kier alpha value is -1.07. The van der Waals surface area contributed by atoms with Crippen LogP contribution in [0.1, 0.15) is 42.4 Å². The molecule has 20 heavy (non-hydrogen) atoms. The molecule has 1 radical (unpaired) electrons. The van der Waals surface area contributed by atoms with Crippen LogP contribution in [0.2, 0.25) is 0 Å². The standard InChI is InChI=1S/C15H21BNO2S/c1-11(2)14-5-4-13(20-14)10-19-9-12-3-6-15(18)17(12)8-7-16/h4-5,7-8,11-12,16H,3,6,9-10H2,1-2H3/b8-7+/i16D. The molecule has 1 aliphatic rings. The van der Waals surface area contributed by atoms with Gasteiger partial charge in [-0.1, -0.05) is 13.8 Å². The average Bonchev–Trinajstić information content (AvgIpc) is 3.05. The SMILES string of the molecule is [2H][B]/C=C/N1C(=O)CCC1COCc1ccc(C(C)C)s1. The molecule has 1 unspecified atom stereocenters. The Morgan fingerprint density at radius 2 is 2.50 bits per heavy atom. The number of carbonyl (C=O) groups is 1. The Morgan fingerprint density at radius 1 is 1.65 bits per heavy atom. The number of carbonyl (C=O) groups excluding carboxylic acids is 1. The summed E-state index contributed by atoms with van der Waals surface area (Å²) in [5.74, 6) is 2.24. The summed E-state index contributed by atoms with van der Waals surface area (Å²) in [7, 11) is 1.18. The van der Waals surface area contributed by atoms with E-state index in [0.717, 1.165) is 6.42 Å². The zero-order chi connectivity index (χ0) is 15.2. The Morgan fingerprint density at radius 3 is 3.20 bits per heavy atom. The van der Waals surface area contributed by atoms with Crippen LogP contribution in [0.3, 0.4) is 0 Å². The first-order valence-corrected chi connectivity index (χ1v) is 7.79. The van der Waals surface area contributed by atoms with Crippen LogP contribution in [0, 0.1) is 0 Å². The summed E-state index contributed by atoms with van der Waals surface area (Å²) in [5, 5.41) is 0. The lowest BCUT2D eigenvalue weighted by Gasteiger charge is -2.20. The lowest BCUT2D eigenvalue weighted by atomic mass is 10.1. The van der Waals surface area contributed by atoms with Crippen molar-refractivity contribution in [3.8, 4) is 0 Å². The fourth-order valence-corrected chi connectivity index (χ4v) is 3.25. The molecule has 5 heteroatoms. The van der Waals surface area contributed by atoms with Crippen LogP contribution in [0.4, 0.5) is 0 Å². The molecule has 0 bridgehead atoms. The minimum atomic E-state index is 0.0956. The van der Waals surface area contributed by atoms with E-state index in [9.17, 15) is 4.79 Å². The van der Waals surface area contributed by atoms with Gasteiger partial charge < -0.3 is 9.64 Å². The van der Waals surface area contributed by atoms with E-state index in [1.807, 2.05) is 0 Å². The van der Waals surface area contributed by atoms with Gasteiger partial charge in [0, 0.05) is 16.2 Å². The van der Waals surface area contributed by atoms with E-state index >= 15 is 0 Å². The van der Waals surface area contributed by atoms with Crippen LogP contribution in [-0.2, 0) is 16.1 Å². The third kappa shape index (κ3) is 3.73. The number of likely N-dealkylation sites (tertiary alicyclic amines) is 1. The second kappa shape index (κ2) is 7.09. The molecular weight excluding hydrogens is 269 g/mol. The summed E-state index contributed by atoms with van der Waals surface area (Å²) >= 11 is 1.79. The van der Waals surface area contributed by atoms with E-state index in [0.29, 0.717) is 25.6 Å². The maximum atomic E-state index is 11.7. The lowest BCUT2D eigenvalue weighted by molar-refractivity contribution is -0.127. The minimum Gasteiger partial charge on any atom is -0.374 e. The predicted octanol–water partition coefficient (Wildman–Crippen LogP) is 2.75. The Labute approximate surface area is 127 Å². The molecule has 1 amide bonds. The second-order valence-corrected chi connectivity index (χ2v) is 6.51. The van der Waals surface area contributed by atoms with E-state index in [2.05, 4.69) is 26.0 Å². The average molecular weight is 291 g/mol. The highest BCUT2D eigenvalue weighted by atomic mass is 32.1. The molecule has 2 rings (SSSR count). The van der Waals surface area contributed by atoms with Crippen LogP contribution in [0.5, 0.6) is 0 Å². The maximum Gasteiger partial charge on any atom is 0.226 e. The first-order valence-electron chi connectivity index (χ1n) is 7.55. The van der Waals surface area contributed by atoms with Gasteiger partial charge in [0.15, 0.2) is 0 Å². The van der Waals surface area contributed by atoms with Crippen molar-refractivity contribution in [2.24, 2.45) is 0 Å². The summed E-state index contributed by atoms with van der Waals surface area (Å²) in [6.45, 7) is 5.52. The van der Waals surface area contributed by atoms with E-state index in [1.54, 1.807) is 28.4 Å². The second-order valence-electron chi connectivity index (χ2n) is 5.31. The molecule has 1 fully saturated rings. The Balaban J connectivity index is 1.81. The highest BCUT2D eigenvalue weighted by Gasteiger charge is 2.29. The summed E-state index contributed by atoms with van der Waals surface area (Å²) in [6.07, 6.45) is 3.06. The van der Waals surface area contributed by atoms with Gasteiger partial charge in [-0.05, 0) is 32.0 Å². The van der Waals surface area contributed by atoms with Gasteiger partial charge in [0.1, 0.15) is 7.81 Å². The number of nitrogens with zero attached hydrogens (tertiary/aromatic N) is 1. The van der Waals surface area contributed by atoms with Crippen LogP contribution < -0.4 is 0 Å². The highest BCUT2D eigenvalue weighted by Crippen LogP contribution is 2.25.